The van der Waals surface area contributed by atoms with Crippen LogP contribution in [0.4, 0.5) is 18.9 Å². The maximum Gasteiger partial charge on any atom is 0.446 e. The van der Waals surface area contributed by atoms with Crippen LogP contribution in [-0.2, 0) is 9.84 Å². The van der Waals surface area contributed by atoms with E-state index in [4.69, 9.17) is 0 Å². The van der Waals surface area contributed by atoms with Crippen LogP contribution in [0.2, 0.25) is 0 Å². The summed E-state index contributed by atoms with van der Waals surface area (Å²) in [6.45, 7) is 0. The maximum atomic E-state index is 12.2. The summed E-state index contributed by atoms with van der Waals surface area (Å²) in [6.07, 6.45) is 1.06. The molecular weight excluding hydrogens is 311 g/mol. The predicted molar refractivity (Wildman–Crippen MR) is 73.7 cm³/mol. The molecule has 0 bridgehead atoms. The molecule has 0 atom stereocenters. The Morgan fingerprint density at radius 1 is 1.10 bits per heavy atom. The van der Waals surface area contributed by atoms with E-state index in [0.29, 0.717) is 18.5 Å². The van der Waals surface area contributed by atoms with Crippen molar-refractivity contribution in [3.8, 4) is 0 Å². The monoisotopic (exact) mass is 325 g/mol. The first-order chi connectivity index (χ1) is 9.23. The SMILES string of the molecule is O=S1(=O)CCC(Nc2ccc(SC(F)(F)F)cc2)CC1. The van der Waals surface area contributed by atoms with E-state index in [1.54, 1.807) is 12.1 Å². The van der Waals surface area contributed by atoms with Gasteiger partial charge < -0.3 is 5.32 Å². The molecular formula is C12H14F3NO2S2. The molecule has 3 nitrogen and oxygen atoms in total. The lowest BCUT2D eigenvalue weighted by atomic mass is 10.1. The summed E-state index contributed by atoms with van der Waals surface area (Å²) in [6, 6.07) is 6.02. The van der Waals surface area contributed by atoms with Gasteiger partial charge in [-0.25, -0.2) is 8.42 Å². The molecule has 0 saturated carbocycles. The molecule has 1 aliphatic heterocycles. The van der Waals surface area contributed by atoms with E-state index in [0.717, 1.165) is 0 Å². The third kappa shape index (κ3) is 4.90. The van der Waals surface area contributed by atoms with E-state index in [1.165, 1.54) is 12.1 Å². The van der Waals surface area contributed by atoms with Crippen LogP contribution in [0.3, 0.4) is 0 Å². The molecule has 2 rings (SSSR count). The van der Waals surface area contributed by atoms with Gasteiger partial charge in [0.1, 0.15) is 9.84 Å². The predicted octanol–water partition coefficient (Wildman–Crippen LogP) is 3.29. The first-order valence-corrected chi connectivity index (χ1v) is 8.70. The number of alkyl halides is 3. The van der Waals surface area contributed by atoms with Crippen LogP contribution in [0.1, 0.15) is 12.8 Å². The van der Waals surface area contributed by atoms with E-state index >= 15 is 0 Å². The second-order valence-corrected chi connectivity index (χ2v) is 8.08. The molecule has 0 aromatic heterocycles. The van der Waals surface area contributed by atoms with Gasteiger partial charge in [0.15, 0.2) is 0 Å². The second kappa shape index (κ2) is 5.85. The molecule has 1 heterocycles. The summed E-state index contributed by atoms with van der Waals surface area (Å²) in [5, 5.41) is 3.15. The van der Waals surface area contributed by atoms with E-state index in [9.17, 15) is 21.6 Å². The van der Waals surface area contributed by atoms with Gasteiger partial charge in [0.2, 0.25) is 0 Å². The Morgan fingerprint density at radius 3 is 2.15 bits per heavy atom. The van der Waals surface area contributed by atoms with Crippen molar-refractivity contribution in [3.05, 3.63) is 24.3 Å². The highest BCUT2D eigenvalue weighted by Gasteiger charge is 2.29. The highest BCUT2D eigenvalue weighted by molar-refractivity contribution is 8.00. The van der Waals surface area contributed by atoms with Gasteiger partial charge in [0.25, 0.3) is 0 Å². The number of nitrogens with one attached hydrogen (secondary N) is 1. The minimum absolute atomic E-state index is 0.0552. The molecule has 0 spiro atoms. The fourth-order valence-corrected chi connectivity index (χ4v) is 4.05. The van der Waals surface area contributed by atoms with E-state index < -0.39 is 15.3 Å². The fourth-order valence-electron chi connectivity index (χ4n) is 2.02. The number of benzene rings is 1. The first-order valence-electron chi connectivity index (χ1n) is 6.06. The van der Waals surface area contributed by atoms with Gasteiger partial charge in [-0.15, -0.1) is 0 Å². The van der Waals surface area contributed by atoms with Gasteiger partial charge in [-0.2, -0.15) is 13.2 Å². The van der Waals surface area contributed by atoms with Crippen LogP contribution in [0.5, 0.6) is 0 Å². The molecule has 1 fully saturated rings. The number of hydrogen-bond donors (Lipinski definition) is 1. The zero-order valence-corrected chi connectivity index (χ0v) is 12.1. The van der Waals surface area contributed by atoms with Crippen molar-refractivity contribution in [1.82, 2.24) is 0 Å². The standard InChI is InChI=1S/C12H14F3NO2S2/c13-12(14,15)19-11-3-1-9(2-4-11)16-10-5-7-20(17,18)8-6-10/h1-4,10,16H,5-8H2. The van der Waals surface area contributed by atoms with Crippen LogP contribution in [0.15, 0.2) is 29.2 Å². The molecule has 20 heavy (non-hydrogen) atoms. The van der Waals surface area contributed by atoms with Crippen LogP contribution >= 0.6 is 11.8 Å². The Hall–Kier alpha value is -0.890. The Bertz CT molecular complexity index is 541. The van der Waals surface area contributed by atoms with Gasteiger partial charge in [-0.05, 0) is 48.9 Å². The van der Waals surface area contributed by atoms with Crippen molar-refractivity contribution >= 4 is 27.3 Å². The third-order valence-corrected chi connectivity index (χ3v) is 5.47. The van der Waals surface area contributed by atoms with Crippen molar-refractivity contribution < 1.29 is 21.6 Å². The van der Waals surface area contributed by atoms with Crippen molar-refractivity contribution in [3.63, 3.8) is 0 Å². The number of anilines is 1. The molecule has 1 aliphatic rings. The Labute approximate surface area is 119 Å². The van der Waals surface area contributed by atoms with E-state index in [1.807, 2.05) is 0 Å². The average molecular weight is 325 g/mol. The highest BCUT2D eigenvalue weighted by atomic mass is 32.2. The summed E-state index contributed by atoms with van der Waals surface area (Å²) in [7, 11) is -2.90. The molecule has 112 valence electrons. The van der Waals surface area contributed by atoms with Gasteiger partial charge in [-0.3, -0.25) is 0 Å². The van der Waals surface area contributed by atoms with E-state index in [2.05, 4.69) is 5.32 Å². The topological polar surface area (TPSA) is 46.2 Å². The largest absolute Gasteiger partial charge is 0.446 e. The molecule has 1 N–H and O–H groups in total. The maximum absolute atomic E-state index is 12.2. The summed E-state index contributed by atoms with van der Waals surface area (Å²) >= 11 is -0.152. The van der Waals surface area contributed by atoms with Crippen LogP contribution in [-0.4, -0.2) is 31.5 Å². The lowest BCUT2D eigenvalue weighted by molar-refractivity contribution is -0.0328. The zero-order chi connectivity index (χ0) is 14.8. The molecule has 8 heteroatoms. The molecule has 1 aromatic rings. The number of thioether (sulfide) groups is 1. The summed E-state index contributed by atoms with van der Waals surface area (Å²) < 4.78 is 59.1. The van der Waals surface area contributed by atoms with Gasteiger partial charge in [0, 0.05) is 16.6 Å². The van der Waals surface area contributed by atoms with Crippen molar-refractivity contribution in [2.24, 2.45) is 0 Å². The molecule has 0 aliphatic carbocycles. The number of halogens is 3. The lowest BCUT2D eigenvalue weighted by Gasteiger charge is -2.24. The van der Waals surface area contributed by atoms with Gasteiger partial charge in [0.05, 0.1) is 11.5 Å². The van der Waals surface area contributed by atoms with Crippen molar-refractivity contribution in [2.75, 3.05) is 16.8 Å². The number of rotatable bonds is 3. The summed E-state index contributed by atoms with van der Waals surface area (Å²) in [5.41, 5.74) is -3.58. The molecule has 0 radical (unpaired) electrons. The molecule has 0 amide bonds. The average Bonchev–Trinajstić information content (AvgIpc) is 2.32. The third-order valence-electron chi connectivity index (χ3n) is 3.01. The number of sulfone groups is 1. The van der Waals surface area contributed by atoms with E-state index in [-0.39, 0.29) is 34.2 Å². The second-order valence-electron chi connectivity index (χ2n) is 4.64. The summed E-state index contributed by atoms with van der Waals surface area (Å²) in [4.78, 5) is 0.134. The Kier molecular flexibility index (Phi) is 4.53. The highest BCUT2D eigenvalue weighted by Crippen LogP contribution is 2.37. The molecule has 1 aromatic carbocycles. The minimum atomic E-state index is -4.29. The molecule has 1 saturated heterocycles. The fraction of sp³-hybridized carbons (Fsp3) is 0.500. The van der Waals surface area contributed by atoms with Gasteiger partial charge >= 0.3 is 5.51 Å². The quantitative estimate of drug-likeness (QED) is 0.866. The minimum Gasteiger partial charge on any atom is -0.382 e. The van der Waals surface area contributed by atoms with Crippen LogP contribution in [0, 0.1) is 0 Å². The van der Waals surface area contributed by atoms with Gasteiger partial charge in [-0.1, -0.05) is 0 Å². The normalized spacial score (nSPS) is 19.8. The van der Waals surface area contributed by atoms with Crippen molar-refractivity contribution in [2.45, 2.75) is 29.3 Å². The lowest BCUT2D eigenvalue weighted by Crippen LogP contribution is -2.32. The van der Waals surface area contributed by atoms with Crippen molar-refractivity contribution in [1.29, 1.82) is 0 Å². The summed E-state index contributed by atoms with van der Waals surface area (Å²) in [5.74, 6) is 0.319. The molecule has 0 unspecified atom stereocenters. The smallest absolute Gasteiger partial charge is 0.382 e. The number of hydrogen-bond acceptors (Lipinski definition) is 4. The Balaban J connectivity index is 1.91. The first kappa shape index (κ1) is 15.5. The van der Waals surface area contributed by atoms with Crippen LogP contribution < -0.4 is 5.32 Å². The zero-order valence-electron chi connectivity index (χ0n) is 10.5. The van der Waals surface area contributed by atoms with Crippen LogP contribution in [0.25, 0.3) is 0 Å². The Morgan fingerprint density at radius 2 is 1.65 bits per heavy atom.